The van der Waals surface area contributed by atoms with Crippen molar-refractivity contribution in [1.82, 2.24) is 10.7 Å². The number of hydrazone groups is 1. The van der Waals surface area contributed by atoms with Gasteiger partial charge in [-0.25, -0.2) is 5.43 Å². The van der Waals surface area contributed by atoms with Gasteiger partial charge in [-0.1, -0.05) is 81.6 Å². The predicted octanol–water partition coefficient (Wildman–Crippen LogP) is 6.98. The van der Waals surface area contributed by atoms with Gasteiger partial charge >= 0.3 is 0 Å². The van der Waals surface area contributed by atoms with Crippen molar-refractivity contribution in [3.63, 3.8) is 0 Å². The smallest absolute Gasteiger partial charge is 0.262 e. The molecule has 0 aliphatic carbocycles. The molecule has 0 heterocycles. The zero-order chi connectivity index (χ0) is 29.9. The molecule has 0 aliphatic rings. The highest BCUT2D eigenvalue weighted by molar-refractivity contribution is 9.10. The molecule has 2 amide bonds. The van der Waals surface area contributed by atoms with Crippen LogP contribution in [0.3, 0.4) is 0 Å². The van der Waals surface area contributed by atoms with Gasteiger partial charge in [-0.2, -0.15) is 5.10 Å². The summed E-state index contributed by atoms with van der Waals surface area (Å²) in [6.45, 7) is 2.02. The fourth-order valence-corrected chi connectivity index (χ4v) is 4.53. The quantitative estimate of drug-likeness (QED) is 0.126. The van der Waals surface area contributed by atoms with Crippen LogP contribution in [0.5, 0.6) is 11.5 Å². The van der Waals surface area contributed by atoms with E-state index in [9.17, 15) is 9.59 Å². The van der Waals surface area contributed by atoms with Crippen LogP contribution in [0.2, 0.25) is 10.0 Å². The first-order valence-corrected chi connectivity index (χ1v) is 14.6. The molecule has 4 aromatic carbocycles. The molecule has 0 bridgehead atoms. The van der Waals surface area contributed by atoms with Crippen LogP contribution in [0, 0.1) is 0 Å². The summed E-state index contributed by atoms with van der Waals surface area (Å²) in [5.74, 6) is 0.0533. The Morgan fingerprint density at radius 1 is 0.905 bits per heavy atom. The molecule has 216 valence electrons. The van der Waals surface area contributed by atoms with Gasteiger partial charge in [-0.05, 0) is 78.2 Å². The standard InChI is InChI=1S/C32H28BrCl2N3O4/c1-21(42-30-16-13-26(34)18-28(30)35)31(39)37-29(17-22-5-3-2-4-6-22)32(40)38-36-19-23-9-14-27(15-10-23)41-20-24-7-11-25(33)12-8-24/h2-16,18-19,21,29H,17,20H2,1H3,(H,37,39)(H,38,40)/b36-19-/t21-,29+/m0/s1. The number of ether oxygens (including phenoxy) is 2. The summed E-state index contributed by atoms with van der Waals surface area (Å²) >= 11 is 15.5. The second-order valence-corrected chi connectivity index (χ2v) is 11.1. The van der Waals surface area contributed by atoms with Gasteiger partial charge in [-0.3, -0.25) is 9.59 Å². The van der Waals surface area contributed by atoms with Crippen molar-refractivity contribution in [3.8, 4) is 11.5 Å². The second-order valence-electron chi connectivity index (χ2n) is 9.30. The molecular weight excluding hydrogens is 641 g/mol. The number of carbonyl (C=O) groups excluding carboxylic acids is 2. The van der Waals surface area contributed by atoms with Crippen molar-refractivity contribution >= 4 is 57.2 Å². The molecule has 2 atom stereocenters. The molecule has 0 saturated heterocycles. The molecule has 0 spiro atoms. The van der Waals surface area contributed by atoms with Crippen molar-refractivity contribution in [3.05, 3.63) is 128 Å². The molecule has 0 aromatic heterocycles. The monoisotopic (exact) mass is 667 g/mol. The van der Waals surface area contributed by atoms with E-state index in [4.69, 9.17) is 32.7 Å². The number of amides is 2. The fraction of sp³-hybridized carbons (Fsp3) is 0.156. The fourth-order valence-electron chi connectivity index (χ4n) is 3.81. The maximum Gasteiger partial charge on any atom is 0.262 e. The zero-order valence-electron chi connectivity index (χ0n) is 22.6. The van der Waals surface area contributed by atoms with E-state index < -0.39 is 24.0 Å². The predicted molar refractivity (Wildman–Crippen MR) is 169 cm³/mol. The van der Waals surface area contributed by atoms with Crippen LogP contribution in [-0.4, -0.2) is 30.2 Å². The van der Waals surface area contributed by atoms with E-state index in [1.807, 2.05) is 78.9 Å². The summed E-state index contributed by atoms with van der Waals surface area (Å²) < 4.78 is 12.6. The molecule has 0 unspecified atom stereocenters. The largest absolute Gasteiger partial charge is 0.489 e. The molecule has 0 saturated carbocycles. The first-order valence-electron chi connectivity index (χ1n) is 13.0. The number of hydrogen-bond donors (Lipinski definition) is 2. The maximum absolute atomic E-state index is 13.1. The Bertz CT molecular complexity index is 1520. The van der Waals surface area contributed by atoms with Gasteiger partial charge in [0.15, 0.2) is 6.10 Å². The van der Waals surface area contributed by atoms with E-state index >= 15 is 0 Å². The molecule has 10 heteroatoms. The molecule has 4 rings (SSSR count). The highest BCUT2D eigenvalue weighted by Crippen LogP contribution is 2.28. The number of rotatable bonds is 12. The zero-order valence-corrected chi connectivity index (χ0v) is 25.7. The number of nitrogens with one attached hydrogen (secondary N) is 2. The number of nitrogens with zero attached hydrogens (tertiary/aromatic N) is 1. The molecule has 42 heavy (non-hydrogen) atoms. The lowest BCUT2D eigenvalue weighted by atomic mass is 10.1. The van der Waals surface area contributed by atoms with Crippen molar-refractivity contribution in [2.24, 2.45) is 5.10 Å². The van der Waals surface area contributed by atoms with Gasteiger partial charge in [0.25, 0.3) is 11.8 Å². The lowest BCUT2D eigenvalue weighted by molar-refractivity contribution is -0.132. The summed E-state index contributed by atoms with van der Waals surface area (Å²) in [6, 6.07) is 28.4. The van der Waals surface area contributed by atoms with E-state index in [1.165, 1.54) is 12.3 Å². The van der Waals surface area contributed by atoms with Gasteiger partial charge in [-0.15, -0.1) is 0 Å². The lowest BCUT2D eigenvalue weighted by Crippen LogP contribution is -2.50. The van der Waals surface area contributed by atoms with Gasteiger partial charge in [0.05, 0.1) is 11.2 Å². The van der Waals surface area contributed by atoms with Crippen LogP contribution in [0.15, 0.2) is 107 Å². The molecular formula is C32H28BrCl2N3O4. The molecule has 0 fully saturated rings. The van der Waals surface area contributed by atoms with Gasteiger partial charge in [0.1, 0.15) is 24.1 Å². The van der Waals surface area contributed by atoms with Gasteiger partial charge < -0.3 is 14.8 Å². The topological polar surface area (TPSA) is 89.0 Å². The average Bonchev–Trinajstić information content (AvgIpc) is 2.99. The van der Waals surface area contributed by atoms with Crippen LogP contribution in [0.25, 0.3) is 0 Å². The first kappa shape index (κ1) is 31.1. The van der Waals surface area contributed by atoms with Crippen molar-refractivity contribution in [1.29, 1.82) is 0 Å². The molecule has 0 radical (unpaired) electrons. The van der Waals surface area contributed by atoms with E-state index in [0.717, 1.165) is 21.2 Å². The second kappa shape index (κ2) is 15.4. The van der Waals surface area contributed by atoms with E-state index in [-0.39, 0.29) is 11.4 Å². The summed E-state index contributed by atoms with van der Waals surface area (Å²) in [7, 11) is 0. The number of carbonyl (C=O) groups is 2. The van der Waals surface area contributed by atoms with Crippen molar-refractivity contribution in [2.75, 3.05) is 0 Å². The molecule has 2 N–H and O–H groups in total. The summed E-state index contributed by atoms with van der Waals surface area (Å²) in [5.41, 5.74) is 5.22. The van der Waals surface area contributed by atoms with Crippen LogP contribution in [0.4, 0.5) is 0 Å². The Morgan fingerprint density at radius 2 is 1.62 bits per heavy atom. The SMILES string of the molecule is C[C@H](Oc1ccc(Cl)cc1Cl)C(=O)N[C@H](Cc1ccccc1)C(=O)N/N=C\c1ccc(OCc2ccc(Br)cc2)cc1. The highest BCUT2D eigenvalue weighted by atomic mass is 79.9. The minimum atomic E-state index is -0.928. The van der Waals surface area contributed by atoms with Crippen molar-refractivity contribution in [2.45, 2.75) is 32.1 Å². The first-order chi connectivity index (χ1) is 20.3. The third kappa shape index (κ3) is 9.62. The molecule has 7 nitrogen and oxygen atoms in total. The third-order valence-electron chi connectivity index (χ3n) is 6.07. The van der Waals surface area contributed by atoms with Crippen molar-refractivity contribution < 1.29 is 19.1 Å². The third-order valence-corrected chi connectivity index (χ3v) is 7.13. The Morgan fingerprint density at radius 3 is 2.31 bits per heavy atom. The van der Waals surface area contributed by atoms with E-state index in [2.05, 4.69) is 31.8 Å². The van der Waals surface area contributed by atoms with Crippen LogP contribution in [0.1, 0.15) is 23.6 Å². The summed E-state index contributed by atoms with van der Waals surface area (Å²) in [5, 5.41) is 7.58. The Kier molecular flexibility index (Phi) is 11.4. The van der Waals surface area contributed by atoms with Crippen LogP contribution >= 0.6 is 39.1 Å². The minimum Gasteiger partial charge on any atom is -0.489 e. The number of hydrogen-bond acceptors (Lipinski definition) is 5. The number of halogens is 3. The lowest BCUT2D eigenvalue weighted by Gasteiger charge is -2.21. The highest BCUT2D eigenvalue weighted by Gasteiger charge is 2.25. The Hall–Kier alpha value is -3.85. The molecule has 0 aliphatic heterocycles. The maximum atomic E-state index is 13.1. The minimum absolute atomic E-state index is 0.257. The summed E-state index contributed by atoms with van der Waals surface area (Å²) in [4.78, 5) is 26.1. The average molecular weight is 669 g/mol. The Balaban J connectivity index is 1.35. The van der Waals surface area contributed by atoms with E-state index in [1.54, 1.807) is 19.1 Å². The molecule has 4 aromatic rings. The van der Waals surface area contributed by atoms with Crippen LogP contribution in [-0.2, 0) is 22.6 Å². The summed E-state index contributed by atoms with van der Waals surface area (Å²) in [6.07, 6.45) is 0.849. The van der Waals surface area contributed by atoms with Crippen LogP contribution < -0.4 is 20.2 Å². The number of benzene rings is 4. The van der Waals surface area contributed by atoms with Gasteiger partial charge in [0, 0.05) is 15.9 Å². The van der Waals surface area contributed by atoms with Gasteiger partial charge in [0.2, 0.25) is 0 Å². The Labute approximate surface area is 263 Å². The normalized spacial score (nSPS) is 12.4. The van der Waals surface area contributed by atoms with E-state index in [0.29, 0.717) is 23.1 Å².